The largest absolute Gasteiger partial charge is 0.356 e. The van der Waals surface area contributed by atoms with E-state index in [1.165, 1.54) is 18.2 Å². The van der Waals surface area contributed by atoms with Gasteiger partial charge in [0.15, 0.2) is 0 Å². The van der Waals surface area contributed by atoms with Crippen molar-refractivity contribution < 1.29 is 13.6 Å². The van der Waals surface area contributed by atoms with Crippen LogP contribution in [0.25, 0.3) is 10.9 Å². The summed E-state index contributed by atoms with van der Waals surface area (Å²) in [5.41, 5.74) is 3.36. The van der Waals surface area contributed by atoms with Crippen LogP contribution in [0.1, 0.15) is 29.7 Å². The molecule has 4 nitrogen and oxygen atoms in total. The van der Waals surface area contributed by atoms with Gasteiger partial charge in [-0.2, -0.15) is 0 Å². The number of nitrogens with zero attached hydrogens (tertiary/aromatic N) is 2. The quantitative estimate of drug-likeness (QED) is 0.579. The van der Waals surface area contributed by atoms with Crippen LogP contribution in [-0.4, -0.2) is 53.9 Å². The molecule has 0 aliphatic carbocycles. The number of carbonyl (C=O) groups is 1. The fourth-order valence-corrected chi connectivity index (χ4v) is 4.70. The Labute approximate surface area is 188 Å². The first-order valence-corrected chi connectivity index (χ1v) is 11.4. The zero-order chi connectivity index (χ0) is 22.7. The molecule has 4 rings (SSSR count). The Hall–Kier alpha value is -2.73. The topological polar surface area (TPSA) is 39.3 Å². The highest BCUT2D eigenvalue weighted by Crippen LogP contribution is 2.25. The molecule has 1 saturated heterocycles. The molecule has 1 amide bonds. The van der Waals surface area contributed by atoms with E-state index >= 15 is 0 Å². The van der Waals surface area contributed by atoms with Crippen LogP contribution in [0, 0.1) is 24.5 Å². The molecule has 0 atom stereocenters. The molecule has 0 bridgehead atoms. The molecule has 3 aromatic rings. The number of aromatic nitrogens is 1. The van der Waals surface area contributed by atoms with Crippen LogP contribution in [0.15, 0.2) is 42.5 Å². The van der Waals surface area contributed by atoms with E-state index in [9.17, 15) is 13.6 Å². The van der Waals surface area contributed by atoms with Gasteiger partial charge in [0.2, 0.25) is 5.91 Å². The average molecular weight is 440 g/mol. The van der Waals surface area contributed by atoms with E-state index in [2.05, 4.69) is 9.88 Å². The summed E-state index contributed by atoms with van der Waals surface area (Å²) < 4.78 is 27.1. The van der Waals surface area contributed by atoms with E-state index in [-0.39, 0.29) is 24.0 Å². The molecule has 0 spiro atoms. The maximum atomic E-state index is 14.0. The van der Waals surface area contributed by atoms with Crippen LogP contribution >= 0.6 is 0 Å². The van der Waals surface area contributed by atoms with Crippen molar-refractivity contribution in [3.05, 3.63) is 70.9 Å². The molecule has 1 N–H and O–H groups in total. The van der Waals surface area contributed by atoms with E-state index in [4.69, 9.17) is 0 Å². The summed E-state index contributed by atoms with van der Waals surface area (Å²) in [6.07, 6.45) is 3.34. The highest BCUT2D eigenvalue weighted by atomic mass is 19.1. The molecular formula is C26H31F2N3O. The molecule has 170 valence electrons. The lowest BCUT2D eigenvalue weighted by molar-refractivity contribution is -0.129. The van der Waals surface area contributed by atoms with Gasteiger partial charge >= 0.3 is 0 Å². The van der Waals surface area contributed by atoms with E-state index in [1.54, 1.807) is 6.07 Å². The van der Waals surface area contributed by atoms with Gasteiger partial charge in [-0.25, -0.2) is 8.78 Å². The highest BCUT2D eigenvalue weighted by Gasteiger charge is 2.23. The Kier molecular flexibility index (Phi) is 6.89. The molecule has 1 aliphatic rings. The minimum atomic E-state index is -0.288. The maximum Gasteiger partial charge on any atom is 0.226 e. The number of likely N-dealkylation sites (N-methyl/N-ethyl adjacent to an activating group) is 1. The van der Waals surface area contributed by atoms with E-state index in [0.29, 0.717) is 11.4 Å². The Morgan fingerprint density at radius 3 is 2.56 bits per heavy atom. The van der Waals surface area contributed by atoms with Crippen molar-refractivity contribution in [1.82, 2.24) is 14.8 Å². The van der Waals surface area contributed by atoms with Gasteiger partial charge < -0.3 is 14.8 Å². The second-order valence-electron chi connectivity index (χ2n) is 9.00. The summed E-state index contributed by atoms with van der Waals surface area (Å²) in [5, 5.41) is 0.790. The second kappa shape index (κ2) is 9.82. The number of carbonyl (C=O) groups excluding carboxylic acids is 1. The van der Waals surface area contributed by atoms with Crippen LogP contribution in [0.3, 0.4) is 0 Å². The molecule has 2 aromatic carbocycles. The zero-order valence-corrected chi connectivity index (χ0v) is 18.8. The Balaban J connectivity index is 1.25. The van der Waals surface area contributed by atoms with Gasteiger partial charge in [0.25, 0.3) is 0 Å². The first-order chi connectivity index (χ1) is 15.4. The number of nitrogens with one attached hydrogen (secondary N) is 1. The number of aromatic amines is 1. The number of amides is 1. The lowest BCUT2D eigenvalue weighted by Gasteiger charge is -2.34. The summed E-state index contributed by atoms with van der Waals surface area (Å²) in [5.74, 6) is 0.0774. The van der Waals surface area contributed by atoms with Crippen LogP contribution in [-0.2, 0) is 17.6 Å². The summed E-state index contributed by atoms with van der Waals surface area (Å²) >= 11 is 0. The predicted octanol–water partition coefficient (Wildman–Crippen LogP) is 4.71. The molecule has 0 saturated carbocycles. The normalized spacial score (nSPS) is 15.4. The van der Waals surface area contributed by atoms with Crippen LogP contribution < -0.4 is 0 Å². The van der Waals surface area contributed by atoms with Gasteiger partial charge in [0.05, 0.1) is 11.9 Å². The van der Waals surface area contributed by atoms with Crippen molar-refractivity contribution >= 4 is 16.8 Å². The summed E-state index contributed by atoms with van der Waals surface area (Å²) in [4.78, 5) is 20.3. The van der Waals surface area contributed by atoms with Crippen LogP contribution in [0.5, 0.6) is 0 Å². The lowest BCUT2D eigenvalue weighted by Crippen LogP contribution is -2.40. The van der Waals surface area contributed by atoms with Crippen molar-refractivity contribution in [2.45, 2.75) is 32.6 Å². The molecule has 0 unspecified atom stereocenters. The first kappa shape index (κ1) is 22.5. The van der Waals surface area contributed by atoms with Gasteiger partial charge in [0, 0.05) is 31.2 Å². The second-order valence-corrected chi connectivity index (χ2v) is 9.00. The third-order valence-electron chi connectivity index (χ3n) is 6.73. The molecule has 1 aliphatic heterocycles. The zero-order valence-electron chi connectivity index (χ0n) is 18.8. The molecule has 1 fully saturated rings. The number of hydrogen-bond acceptors (Lipinski definition) is 2. The number of hydrogen-bond donors (Lipinski definition) is 1. The number of para-hydroxylation sites is 1. The van der Waals surface area contributed by atoms with Gasteiger partial charge in [-0.3, -0.25) is 4.79 Å². The number of fused-ring (bicyclic) bond motifs is 1. The first-order valence-electron chi connectivity index (χ1n) is 11.4. The van der Waals surface area contributed by atoms with Crippen molar-refractivity contribution in [1.29, 1.82) is 0 Å². The molecule has 2 heterocycles. The number of H-pyrrole nitrogens is 1. The number of likely N-dealkylation sites (tertiary alicyclic amines) is 1. The monoisotopic (exact) mass is 439 g/mol. The van der Waals surface area contributed by atoms with Crippen molar-refractivity contribution in [2.75, 3.05) is 33.2 Å². The van der Waals surface area contributed by atoms with Gasteiger partial charge in [-0.05, 0) is 74.5 Å². The Bertz CT molecular complexity index is 1070. The SMILES string of the molecule is Cc1[nH]c2c(F)cccc2c1CC(=O)N(C)CC1CCN(CCc2ccc(F)cc2)CC1. The fraction of sp³-hybridized carbons (Fsp3) is 0.423. The van der Waals surface area contributed by atoms with Crippen molar-refractivity contribution in [2.24, 2.45) is 5.92 Å². The average Bonchev–Trinajstić information content (AvgIpc) is 3.11. The van der Waals surface area contributed by atoms with Gasteiger partial charge in [-0.1, -0.05) is 24.3 Å². The standard InChI is InChI=1S/C26H31F2N3O/c1-18-23(22-4-3-5-24(28)26(22)29-18)16-25(32)30(2)17-20-11-14-31(15-12-20)13-10-19-6-8-21(27)9-7-19/h3-9,20,29H,10-17H2,1-2H3. The lowest BCUT2D eigenvalue weighted by atomic mass is 9.95. The van der Waals surface area contributed by atoms with Gasteiger partial charge in [-0.15, -0.1) is 0 Å². The van der Waals surface area contributed by atoms with Crippen molar-refractivity contribution in [3.8, 4) is 0 Å². The minimum Gasteiger partial charge on any atom is -0.356 e. The number of aryl methyl sites for hydroxylation is 1. The maximum absolute atomic E-state index is 14.0. The summed E-state index contributed by atoms with van der Waals surface area (Å²) in [7, 11) is 1.87. The van der Waals surface area contributed by atoms with Gasteiger partial charge in [0.1, 0.15) is 11.6 Å². The number of halogens is 2. The number of benzene rings is 2. The summed E-state index contributed by atoms with van der Waals surface area (Å²) in [6.45, 7) is 5.66. The van der Waals surface area contributed by atoms with Crippen LogP contribution in [0.4, 0.5) is 8.78 Å². The molecule has 1 aromatic heterocycles. The molecule has 0 radical (unpaired) electrons. The fourth-order valence-electron chi connectivity index (χ4n) is 4.70. The van der Waals surface area contributed by atoms with Crippen LogP contribution in [0.2, 0.25) is 0 Å². The van der Waals surface area contributed by atoms with E-state index in [1.807, 2.05) is 37.1 Å². The molecular weight excluding hydrogens is 408 g/mol. The van der Waals surface area contributed by atoms with E-state index < -0.39 is 0 Å². The third-order valence-corrected chi connectivity index (χ3v) is 6.73. The highest BCUT2D eigenvalue weighted by molar-refractivity contribution is 5.90. The Morgan fingerprint density at radius 1 is 1.12 bits per heavy atom. The minimum absolute atomic E-state index is 0.0667. The van der Waals surface area contributed by atoms with E-state index in [0.717, 1.165) is 67.6 Å². The number of rotatable bonds is 7. The molecule has 6 heteroatoms. The smallest absolute Gasteiger partial charge is 0.226 e. The molecule has 32 heavy (non-hydrogen) atoms. The third kappa shape index (κ3) is 5.18. The Morgan fingerprint density at radius 2 is 1.84 bits per heavy atom. The predicted molar refractivity (Wildman–Crippen MR) is 124 cm³/mol. The van der Waals surface area contributed by atoms with Crippen molar-refractivity contribution in [3.63, 3.8) is 0 Å². The summed E-state index contributed by atoms with van der Waals surface area (Å²) in [6, 6.07) is 11.7. The number of piperidine rings is 1.